The molecule has 0 unspecified atom stereocenters. The molecule has 1 atom stereocenters. The fourth-order valence-corrected chi connectivity index (χ4v) is 7.50. The van der Waals surface area contributed by atoms with E-state index < -0.39 is 9.84 Å². The first-order valence-electron chi connectivity index (χ1n) is 11.8. The second-order valence-corrected chi connectivity index (χ2v) is 11.2. The van der Waals surface area contributed by atoms with Gasteiger partial charge in [-0.2, -0.15) is 0 Å². The van der Waals surface area contributed by atoms with Crippen LogP contribution in [0.25, 0.3) is 5.57 Å². The zero-order chi connectivity index (χ0) is 23.9. The van der Waals surface area contributed by atoms with Crippen LogP contribution in [0.1, 0.15) is 53.9 Å². The minimum atomic E-state index is -3.75. The summed E-state index contributed by atoms with van der Waals surface area (Å²) in [6, 6.07) is 21.0. The van der Waals surface area contributed by atoms with Gasteiger partial charge in [0.25, 0.3) is 0 Å². The zero-order valence-electron chi connectivity index (χ0n) is 19.9. The Balaban J connectivity index is 1.84. The first-order valence-corrected chi connectivity index (χ1v) is 13.3. The van der Waals surface area contributed by atoms with Crippen LogP contribution in [0.3, 0.4) is 0 Å². The molecule has 0 aromatic heterocycles. The van der Waals surface area contributed by atoms with Crippen LogP contribution in [0.4, 0.5) is 0 Å². The molecule has 5 heteroatoms. The van der Waals surface area contributed by atoms with Gasteiger partial charge in [0.1, 0.15) is 0 Å². The molecule has 1 saturated carbocycles. The van der Waals surface area contributed by atoms with E-state index in [-0.39, 0.29) is 11.8 Å². The van der Waals surface area contributed by atoms with Crippen molar-refractivity contribution in [1.82, 2.24) is 0 Å². The lowest BCUT2D eigenvalue weighted by atomic mass is 9.86. The monoisotopic (exact) mass is 474 g/mol. The van der Waals surface area contributed by atoms with Gasteiger partial charge in [0.05, 0.1) is 24.0 Å². The van der Waals surface area contributed by atoms with E-state index in [1.54, 1.807) is 26.4 Å². The fourth-order valence-electron chi connectivity index (χ4n) is 5.61. The molecule has 1 fully saturated rings. The van der Waals surface area contributed by atoms with Crippen LogP contribution in [0.2, 0.25) is 0 Å². The van der Waals surface area contributed by atoms with E-state index in [1.807, 2.05) is 61.5 Å². The lowest BCUT2D eigenvalue weighted by Crippen LogP contribution is -2.17. The van der Waals surface area contributed by atoms with Crippen molar-refractivity contribution in [1.29, 1.82) is 0 Å². The van der Waals surface area contributed by atoms with Crippen molar-refractivity contribution in [2.24, 2.45) is 5.92 Å². The summed E-state index contributed by atoms with van der Waals surface area (Å²) >= 11 is 0. The van der Waals surface area contributed by atoms with Gasteiger partial charge in [-0.15, -0.1) is 0 Å². The topological polar surface area (TPSA) is 52.6 Å². The SMILES string of the molecule is COc1cc2c(cc1OC)[C@@H](C1CCCC1)C(S(=O)(=O)c1ccc(C)cc1)=C2c1ccccc1. The number of sulfone groups is 1. The van der Waals surface area contributed by atoms with Crippen molar-refractivity contribution in [2.45, 2.75) is 43.4 Å². The molecule has 0 bridgehead atoms. The highest BCUT2D eigenvalue weighted by Gasteiger charge is 2.44. The van der Waals surface area contributed by atoms with Gasteiger partial charge < -0.3 is 9.47 Å². The Labute approximate surface area is 202 Å². The van der Waals surface area contributed by atoms with Gasteiger partial charge in [-0.25, -0.2) is 8.42 Å². The highest BCUT2D eigenvalue weighted by Crippen LogP contribution is 2.56. The molecule has 2 aliphatic rings. The predicted octanol–water partition coefficient (Wildman–Crippen LogP) is 6.53. The molecule has 0 radical (unpaired) electrons. The number of benzene rings is 3. The third-order valence-electron chi connectivity index (χ3n) is 7.24. The predicted molar refractivity (Wildman–Crippen MR) is 135 cm³/mol. The van der Waals surface area contributed by atoms with E-state index >= 15 is 0 Å². The minimum absolute atomic E-state index is 0.209. The van der Waals surface area contributed by atoms with E-state index in [1.165, 1.54) is 0 Å². The molecule has 0 heterocycles. The molecule has 2 aliphatic carbocycles. The van der Waals surface area contributed by atoms with Crippen molar-refractivity contribution in [2.75, 3.05) is 14.2 Å². The zero-order valence-corrected chi connectivity index (χ0v) is 20.7. The molecule has 0 N–H and O–H groups in total. The largest absolute Gasteiger partial charge is 0.493 e. The summed E-state index contributed by atoms with van der Waals surface area (Å²) < 4.78 is 40.0. The Bertz CT molecular complexity index is 1330. The van der Waals surface area contributed by atoms with Gasteiger partial charge in [-0.1, -0.05) is 60.9 Å². The molecule has 3 aromatic rings. The Kier molecular flexibility index (Phi) is 5.98. The molecular weight excluding hydrogens is 444 g/mol. The first-order chi connectivity index (χ1) is 16.5. The number of fused-ring (bicyclic) bond motifs is 1. The lowest BCUT2D eigenvalue weighted by Gasteiger charge is -2.24. The standard InChI is InChI=1S/C29H30O4S/c1-19-13-15-22(16-14-19)34(30,31)29-27(20-9-5-4-6-10-20)23-17-25(32-2)26(33-3)18-24(23)28(29)21-11-7-8-12-21/h4-6,9-10,13-18,21,28H,7-8,11-12H2,1-3H3/t28-/m1/s1. The molecule has 5 rings (SSSR count). The maximum absolute atomic E-state index is 14.4. The highest BCUT2D eigenvalue weighted by atomic mass is 32.2. The molecule has 4 nitrogen and oxygen atoms in total. The number of ether oxygens (including phenoxy) is 2. The average Bonchev–Trinajstić information content (AvgIpc) is 3.50. The Morgan fingerprint density at radius 2 is 1.44 bits per heavy atom. The van der Waals surface area contributed by atoms with Crippen LogP contribution >= 0.6 is 0 Å². The molecule has 0 spiro atoms. The van der Waals surface area contributed by atoms with Gasteiger partial charge in [-0.3, -0.25) is 0 Å². The number of methoxy groups -OCH3 is 2. The third-order valence-corrected chi connectivity index (χ3v) is 9.17. The minimum Gasteiger partial charge on any atom is -0.493 e. The summed E-state index contributed by atoms with van der Waals surface area (Å²) in [5.41, 5.74) is 4.67. The third kappa shape index (κ3) is 3.72. The number of aryl methyl sites for hydroxylation is 1. The smallest absolute Gasteiger partial charge is 0.204 e. The van der Waals surface area contributed by atoms with Gasteiger partial charge >= 0.3 is 0 Å². The van der Waals surface area contributed by atoms with Crippen molar-refractivity contribution in [3.05, 3.63) is 93.9 Å². The maximum atomic E-state index is 14.4. The second-order valence-electron chi connectivity index (χ2n) is 9.24. The van der Waals surface area contributed by atoms with E-state index in [0.717, 1.165) is 53.5 Å². The molecule has 0 saturated heterocycles. The van der Waals surface area contributed by atoms with Crippen molar-refractivity contribution in [3.63, 3.8) is 0 Å². The Morgan fingerprint density at radius 1 is 0.824 bits per heavy atom. The summed E-state index contributed by atoms with van der Waals surface area (Å²) in [4.78, 5) is 0.857. The summed E-state index contributed by atoms with van der Waals surface area (Å²) in [5, 5.41) is 0. The Hall–Kier alpha value is -3.05. The van der Waals surface area contributed by atoms with E-state index in [0.29, 0.717) is 21.3 Å². The maximum Gasteiger partial charge on any atom is 0.204 e. The van der Waals surface area contributed by atoms with Crippen LogP contribution < -0.4 is 9.47 Å². The molecule has 34 heavy (non-hydrogen) atoms. The molecular formula is C29H30O4S. The van der Waals surface area contributed by atoms with Gasteiger partial charge in [0.2, 0.25) is 9.84 Å². The number of hydrogen-bond acceptors (Lipinski definition) is 4. The van der Waals surface area contributed by atoms with Crippen LogP contribution in [-0.4, -0.2) is 22.6 Å². The van der Waals surface area contributed by atoms with Crippen molar-refractivity contribution in [3.8, 4) is 11.5 Å². The van der Waals surface area contributed by atoms with Gasteiger partial charge in [0, 0.05) is 11.5 Å². The van der Waals surface area contributed by atoms with E-state index in [4.69, 9.17) is 9.47 Å². The van der Waals surface area contributed by atoms with Crippen LogP contribution in [0.5, 0.6) is 11.5 Å². The summed E-state index contributed by atoms with van der Waals surface area (Å²) in [6.45, 7) is 1.97. The number of rotatable bonds is 6. The normalized spacial score (nSPS) is 18.3. The number of hydrogen-bond donors (Lipinski definition) is 0. The van der Waals surface area contributed by atoms with E-state index in [2.05, 4.69) is 0 Å². The van der Waals surface area contributed by atoms with E-state index in [9.17, 15) is 8.42 Å². The summed E-state index contributed by atoms with van der Waals surface area (Å²) in [7, 11) is -0.509. The fraction of sp³-hybridized carbons (Fsp3) is 0.310. The number of allylic oxidation sites excluding steroid dienone is 1. The quantitative estimate of drug-likeness (QED) is 0.407. The molecule has 0 aliphatic heterocycles. The Morgan fingerprint density at radius 3 is 2.06 bits per heavy atom. The summed E-state index contributed by atoms with van der Waals surface area (Å²) in [6.07, 6.45) is 4.30. The van der Waals surface area contributed by atoms with Crippen molar-refractivity contribution < 1.29 is 17.9 Å². The molecule has 0 amide bonds. The van der Waals surface area contributed by atoms with Crippen LogP contribution in [0, 0.1) is 12.8 Å². The first kappa shape index (κ1) is 22.7. The highest BCUT2D eigenvalue weighted by molar-refractivity contribution is 7.95. The van der Waals surface area contributed by atoms with Gasteiger partial charge in [0.15, 0.2) is 11.5 Å². The summed E-state index contributed by atoms with van der Waals surface area (Å²) in [5.74, 6) is 1.30. The second kappa shape index (κ2) is 8.95. The van der Waals surface area contributed by atoms with Gasteiger partial charge in [-0.05, 0) is 66.6 Å². The molecule has 176 valence electrons. The lowest BCUT2D eigenvalue weighted by molar-refractivity contribution is 0.354. The molecule has 3 aromatic carbocycles. The van der Waals surface area contributed by atoms with Crippen LogP contribution in [0.15, 0.2) is 76.5 Å². The average molecular weight is 475 g/mol. The van der Waals surface area contributed by atoms with Crippen molar-refractivity contribution >= 4 is 15.4 Å². The van der Waals surface area contributed by atoms with Crippen LogP contribution in [-0.2, 0) is 9.84 Å².